The Morgan fingerprint density at radius 2 is 2.12 bits per heavy atom. The molecule has 3 nitrogen and oxygen atoms in total. The molecule has 0 aliphatic rings. The fourth-order valence-corrected chi connectivity index (χ4v) is 1.39. The highest BCUT2D eigenvalue weighted by molar-refractivity contribution is 5.86. The van der Waals surface area contributed by atoms with Gasteiger partial charge in [0.25, 0.3) is 0 Å². The number of aromatic nitrogens is 1. The van der Waals surface area contributed by atoms with E-state index in [1.807, 2.05) is 45.3 Å². The number of hydrogen-bond acceptors (Lipinski definition) is 2. The summed E-state index contributed by atoms with van der Waals surface area (Å²) in [6.07, 6.45) is 5.49. The lowest BCUT2D eigenvalue weighted by Gasteiger charge is -2.21. The van der Waals surface area contributed by atoms with Gasteiger partial charge >= 0.3 is 0 Å². The predicted molar refractivity (Wildman–Crippen MR) is 65.0 cm³/mol. The molecule has 0 spiro atoms. The van der Waals surface area contributed by atoms with Crippen molar-refractivity contribution in [3.05, 3.63) is 35.5 Å². The average molecular weight is 218 g/mol. The maximum Gasteiger partial charge on any atom is 0.139 e. The molecule has 1 N–H and O–H groups in total. The van der Waals surface area contributed by atoms with Gasteiger partial charge in [-0.05, 0) is 45.4 Å². The summed E-state index contributed by atoms with van der Waals surface area (Å²) in [5.74, 6) is 0.107. The van der Waals surface area contributed by atoms with Crippen LogP contribution >= 0.6 is 0 Å². The van der Waals surface area contributed by atoms with Crippen LogP contribution in [0.4, 0.5) is 0 Å². The number of hydrogen-bond donors (Lipinski definition) is 1. The molecular weight excluding hydrogens is 200 g/mol. The Hall–Kier alpha value is -1.64. The number of allylic oxidation sites excluding steroid dienone is 1. The third-order valence-electron chi connectivity index (χ3n) is 2.90. The Balaban J connectivity index is 3.26. The van der Waals surface area contributed by atoms with E-state index in [-0.39, 0.29) is 5.78 Å². The zero-order valence-electron chi connectivity index (χ0n) is 10.2. The first kappa shape index (κ1) is 12.4. The maximum absolute atomic E-state index is 11.5. The van der Waals surface area contributed by atoms with Gasteiger partial charge in [0.2, 0.25) is 0 Å². The Labute approximate surface area is 95.9 Å². The van der Waals surface area contributed by atoms with Gasteiger partial charge in [-0.1, -0.05) is 6.08 Å². The van der Waals surface area contributed by atoms with Crippen molar-refractivity contribution in [3.63, 3.8) is 0 Å². The van der Waals surface area contributed by atoms with Gasteiger partial charge in [0.15, 0.2) is 0 Å². The number of carbonyl (C=O) groups is 1. The normalized spacial score (nSPS) is 12.0. The van der Waals surface area contributed by atoms with Crippen molar-refractivity contribution in [2.45, 2.75) is 33.1 Å². The minimum Gasteiger partial charge on any atom is -0.309 e. The van der Waals surface area contributed by atoms with Gasteiger partial charge in [-0.3, -0.25) is 10.2 Å². The molecule has 0 amide bonds. The first-order valence-electron chi connectivity index (χ1n) is 5.30. The fraction of sp³-hybridized carbons (Fsp3) is 0.385. The van der Waals surface area contributed by atoms with E-state index in [9.17, 15) is 4.79 Å². The van der Waals surface area contributed by atoms with Crippen LogP contribution in [0.1, 0.15) is 33.3 Å². The molecular formula is C13H18N2O. The largest absolute Gasteiger partial charge is 0.309 e. The lowest BCUT2D eigenvalue weighted by molar-refractivity contribution is -0.121. The lowest BCUT2D eigenvalue weighted by Crippen LogP contribution is -2.29. The van der Waals surface area contributed by atoms with E-state index in [2.05, 4.69) is 0 Å². The Morgan fingerprint density at radius 3 is 2.56 bits per heavy atom. The predicted octanol–water partition coefficient (Wildman–Crippen LogP) is 2.32. The highest BCUT2D eigenvalue weighted by Crippen LogP contribution is 2.22. The number of rotatable bonds is 3. The number of pyridine rings is 1. The van der Waals surface area contributed by atoms with Gasteiger partial charge in [-0.15, -0.1) is 0 Å². The molecule has 0 aliphatic carbocycles. The molecule has 1 rings (SSSR count). The first-order valence-corrected chi connectivity index (χ1v) is 5.30. The SMILES string of the molecule is C/C=C\n1ccc(C(C)(C)C(C)=O)cc1=N. The van der Waals surface area contributed by atoms with Crippen LogP contribution in [0.5, 0.6) is 0 Å². The van der Waals surface area contributed by atoms with Crippen LogP contribution in [0, 0.1) is 5.41 Å². The molecule has 0 aromatic carbocycles. The second-order valence-electron chi connectivity index (χ2n) is 4.37. The number of ketones is 1. The zero-order chi connectivity index (χ0) is 12.3. The third-order valence-corrected chi connectivity index (χ3v) is 2.90. The number of carbonyl (C=O) groups excluding carboxylic acids is 1. The molecule has 86 valence electrons. The summed E-state index contributed by atoms with van der Waals surface area (Å²) in [6, 6.07) is 3.63. The summed E-state index contributed by atoms with van der Waals surface area (Å²) >= 11 is 0. The molecule has 0 saturated heterocycles. The van der Waals surface area contributed by atoms with Crippen LogP contribution in [0.2, 0.25) is 0 Å². The molecule has 0 fully saturated rings. The highest BCUT2D eigenvalue weighted by Gasteiger charge is 2.25. The van der Waals surface area contributed by atoms with Gasteiger partial charge in [-0.2, -0.15) is 0 Å². The van der Waals surface area contributed by atoms with E-state index in [1.54, 1.807) is 17.6 Å². The Morgan fingerprint density at radius 1 is 1.50 bits per heavy atom. The van der Waals surface area contributed by atoms with Crippen LogP contribution in [0.25, 0.3) is 6.20 Å². The van der Waals surface area contributed by atoms with Crippen molar-refractivity contribution in [2.75, 3.05) is 0 Å². The number of nitrogens with one attached hydrogen (secondary N) is 1. The minimum atomic E-state index is -0.523. The molecule has 0 aliphatic heterocycles. The molecule has 0 saturated carbocycles. The van der Waals surface area contributed by atoms with Crippen molar-refractivity contribution in [3.8, 4) is 0 Å². The molecule has 0 atom stereocenters. The molecule has 3 heteroatoms. The summed E-state index contributed by atoms with van der Waals surface area (Å²) < 4.78 is 1.71. The van der Waals surface area contributed by atoms with Crippen molar-refractivity contribution >= 4 is 12.0 Å². The van der Waals surface area contributed by atoms with E-state index in [0.29, 0.717) is 5.49 Å². The summed E-state index contributed by atoms with van der Waals surface area (Å²) in [6.45, 7) is 7.24. The van der Waals surface area contributed by atoms with Crippen molar-refractivity contribution in [1.29, 1.82) is 5.41 Å². The monoisotopic (exact) mass is 218 g/mol. The summed E-state index contributed by atoms with van der Waals surface area (Å²) in [4.78, 5) is 11.5. The number of nitrogens with zero attached hydrogens (tertiary/aromatic N) is 1. The first-order chi connectivity index (χ1) is 7.39. The van der Waals surface area contributed by atoms with E-state index in [4.69, 9.17) is 5.41 Å². The molecule has 16 heavy (non-hydrogen) atoms. The number of Topliss-reactive ketones (excluding diaryl/α,β-unsaturated/α-hetero) is 1. The maximum atomic E-state index is 11.5. The standard InChI is InChI=1S/C13H18N2O/c1-5-7-15-8-6-11(9-12(15)14)13(3,4)10(2)16/h5-9,14H,1-4H3/b7-5-,14-12?. The lowest BCUT2D eigenvalue weighted by atomic mass is 9.82. The van der Waals surface area contributed by atoms with Crippen LogP contribution in [-0.4, -0.2) is 10.4 Å². The van der Waals surface area contributed by atoms with Gasteiger partial charge in [0, 0.05) is 17.8 Å². The van der Waals surface area contributed by atoms with Crippen molar-refractivity contribution in [2.24, 2.45) is 0 Å². The second-order valence-corrected chi connectivity index (χ2v) is 4.37. The minimum absolute atomic E-state index is 0.107. The topological polar surface area (TPSA) is 45.9 Å². The van der Waals surface area contributed by atoms with Crippen LogP contribution in [0.3, 0.4) is 0 Å². The summed E-state index contributed by atoms with van der Waals surface area (Å²) in [5, 5.41) is 7.84. The Kier molecular flexibility index (Phi) is 3.48. The molecule has 1 aromatic rings. The average Bonchev–Trinajstić information content (AvgIpc) is 2.21. The van der Waals surface area contributed by atoms with Crippen LogP contribution in [-0.2, 0) is 10.2 Å². The molecule has 0 radical (unpaired) electrons. The van der Waals surface area contributed by atoms with E-state index < -0.39 is 5.41 Å². The summed E-state index contributed by atoms with van der Waals surface area (Å²) in [7, 11) is 0. The zero-order valence-corrected chi connectivity index (χ0v) is 10.2. The summed E-state index contributed by atoms with van der Waals surface area (Å²) in [5.41, 5.74) is 0.737. The van der Waals surface area contributed by atoms with E-state index >= 15 is 0 Å². The highest BCUT2D eigenvalue weighted by atomic mass is 16.1. The van der Waals surface area contributed by atoms with Gasteiger partial charge in [-0.25, -0.2) is 0 Å². The quantitative estimate of drug-likeness (QED) is 0.831. The van der Waals surface area contributed by atoms with Crippen LogP contribution in [0.15, 0.2) is 24.4 Å². The fourth-order valence-electron chi connectivity index (χ4n) is 1.39. The van der Waals surface area contributed by atoms with E-state index in [1.165, 1.54) is 0 Å². The van der Waals surface area contributed by atoms with Crippen molar-refractivity contribution < 1.29 is 4.79 Å². The van der Waals surface area contributed by atoms with Gasteiger partial charge < -0.3 is 4.57 Å². The third kappa shape index (κ3) is 2.30. The molecule has 1 aromatic heterocycles. The Bertz CT molecular complexity index is 481. The van der Waals surface area contributed by atoms with Gasteiger partial charge in [0.05, 0.1) is 0 Å². The molecule has 1 heterocycles. The van der Waals surface area contributed by atoms with E-state index in [0.717, 1.165) is 5.56 Å². The van der Waals surface area contributed by atoms with Crippen LogP contribution < -0.4 is 5.49 Å². The molecule has 0 bridgehead atoms. The van der Waals surface area contributed by atoms with Gasteiger partial charge in [0.1, 0.15) is 11.3 Å². The smallest absolute Gasteiger partial charge is 0.139 e. The second kappa shape index (κ2) is 4.47. The van der Waals surface area contributed by atoms with Crippen molar-refractivity contribution in [1.82, 2.24) is 4.57 Å². The molecule has 0 unspecified atom stereocenters.